The molecule has 0 aliphatic carbocycles. The number of carbonyl (C=O) groups is 3. The van der Waals surface area contributed by atoms with E-state index in [1.54, 1.807) is 7.05 Å². The maximum Gasteiger partial charge on any atom is 0.312 e. The second kappa shape index (κ2) is 8.34. The Morgan fingerprint density at radius 3 is 2.37 bits per heavy atom. The van der Waals surface area contributed by atoms with Gasteiger partial charge in [0.1, 0.15) is 6.04 Å². The first kappa shape index (κ1) is 17.2. The normalized spacial score (nSPS) is 13.4. The molecule has 0 saturated heterocycles. The van der Waals surface area contributed by atoms with Crippen molar-refractivity contribution in [2.24, 2.45) is 11.7 Å². The molecule has 0 radical (unpaired) electrons. The molecular formula is C12H23N3O4. The molecular weight excluding hydrogens is 250 g/mol. The highest BCUT2D eigenvalue weighted by Crippen LogP contribution is 2.10. The van der Waals surface area contributed by atoms with Crippen LogP contribution in [0.4, 0.5) is 4.79 Å². The fraction of sp³-hybridized carbons (Fsp3) is 0.750. The molecule has 0 aromatic carbocycles. The van der Waals surface area contributed by atoms with Gasteiger partial charge in [0.25, 0.3) is 0 Å². The van der Waals surface area contributed by atoms with Crippen LogP contribution in [-0.2, 0) is 9.59 Å². The van der Waals surface area contributed by atoms with E-state index >= 15 is 0 Å². The quantitative estimate of drug-likeness (QED) is 0.593. The van der Waals surface area contributed by atoms with Crippen LogP contribution in [0.1, 0.15) is 33.1 Å². The minimum absolute atomic E-state index is 0.00880. The maximum absolute atomic E-state index is 12.2. The van der Waals surface area contributed by atoms with Crippen LogP contribution in [0.2, 0.25) is 0 Å². The van der Waals surface area contributed by atoms with Gasteiger partial charge in [-0.3, -0.25) is 9.59 Å². The van der Waals surface area contributed by atoms with E-state index in [0.29, 0.717) is 13.0 Å². The second-order valence-corrected chi connectivity index (χ2v) is 4.63. The van der Waals surface area contributed by atoms with Gasteiger partial charge in [-0.2, -0.15) is 0 Å². The molecule has 3 amide bonds. The zero-order valence-electron chi connectivity index (χ0n) is 11.7. The third-order valence-electron chi connectivity index (χ3n) is 3.04. The van der Waals surface area contributed by atoms with Gasteiger partial charge < -0.3 is 21.1 Å². The minimum atomic E-state index is -0.894. The molecule has 0 saturated carbocycles. The standard InChI is InChI=1S/C12H23N3O4/c1-4-8(2)10(14-12(13)19)11(18)15(3)7-5-6-9(16)17/h8,10H,4-7H2,1-3H3,(H,16,17)(H3,13,14,19). The van der Waals surface area contributed by atoms with Gasteiger partial charge in [-0.25, -0.2) is 4.79 Å². The molecule has 0 aromatic rings. The average Bonchev–Trinajstić information content (AvgIpc) is 2.33. The van der Waals surface area contributed by atoms with Crippen LogP contribution in [0.5, 0.6) is 0 Å². The van der Waals surface area contributed by atoms with Gasteiger partial charge in [0.2, 0.25) is 5.91 Å². The van der Waals surface area contributed by atoms with E-state index in [1.165, 1.54) is 4.90 Å². The van der Waals surface area contributed by atoms with Crippen molar-refractivity contribution in [1.82, 2.24) is 10.2 Å². The largest absolute Gasteiger partial charge is 0.481 e. The first-order chi connectivity index (χ1) is 8.79. The summed E-state index contributed by atoms with van der Waals surface area (Å²) in [6.07, 6.45) is 1.11. The van der Waals surface area contributed by atoms with Crippen LogP contribution in [0.15, 0.2) is 0 Å². The van der Waals surface area contributed by atoms with Gasteiger partial charge in [0.05, 0.1) is 0 Å². The highest BCUT2D eigenvalue weighted by Gasteiger charge is 2.27. The Balaban J connectivity index is 4.51. The van der Waals surface area contributed by atoms with Crippen molar-refractivity contribution >= 4 is 17.9 Å². The Kier molecular flexibility index (Phi) is 7.55. The van der Waals surface area contributed by atoms with Crippen LogP contribution in [0, 0.1) is 5.92 Å². The number of rotatable bonds is 8. The second-order valence-electron chi connectivity index (χ2n) is 4.63. The van der Waals surface area contributed by atoms with Gasteiger partial charge in [0, 0.05) is 20.0 Å². The number of carboxylic acid groups (broad SMARTS) is 1. The Morgan fingerprint density at radius 1 is 1.37 bits per heavy atom. The number of carboxylic acids is 1. The van der Waals surface area contributed by atoms with Gasteiger partial charge >= 0.3 is 12.0 Å². The van der Waals surface area contributed by atoms with Gasteiger partial charge in [-0.05, 0) is 12.3 Å². The fourth-order valence-corrected chi connectivity index (χ4v) is 1.65. The van der Waals surface area contributed by atoms with Crippen molar-refractivity contribution in [3.63, 3.8) is 0 Å². The summed E-state index contributed by atoms with van der Waals surface area (Å²) in [6, 6.07) is -1.41. The summed E-state index contributed by atoms with van der Waals surface area (Å²) < 4.78 is 0. The van der Waals surface area contributed by atoms with E-state index in [9.17, 15) is 14.4 Å². The lowest BCUT2D eigenvalue weighted by Crippen LogP contribution is -2.52. The molecule has 0 heterocycles. The summed E-state index contributed by atoms with van der Waals surface area (Å²) in [5.74, 6) is -1.19. The SMILES string of the molecule is CCC(C)C(NC(N)=O)C(=O)N(C)CCCC(=O)O. The van der Waals surface area contributed by atoms with Crippen LogP contribution in [0.25, 0.3) is 0 Å². The maximum atomic E-state index is 12.2. The summed E-state index contributed by atoms with van der Waals surface area (Å²) in [4.78, 5) is 34.9. The van der Waals surface area contributed by atoms with E-state index in [-0.39, 0.29) is 18.2 Å². The number of hydrogen-bond donors (Lipinski definition) is 3. The van der Waals surface area contributed by atoms with E-state index in [1.807, 2.05) is 13.8 Å². The fourth-order valence-electron chi connectivity index (χ4n) is 1.65. The van der Waals surface area contributed by atoms with Crippen molar-refractivity contribution in [3.05, 3.63) is 0 Å². The van der Waals surface area contributed by atoms with Crippen molar-refractivity contribution in [3.8, 4) is 0 Å². The summed E-state index contributed by atoms with van der Waals surface area (Å²) in [5, 5.41) is 11.0. The predicted molar refractivity (Wildman–Crippen MR) is 70.5 cm³/mol. The highest BCUT2D eigenvalue weighted by atomic mass is 16.4. The number of amides is 3. The zero-order chi connectivity index (χ0) is 15.0. The van der Waals surface area contributed by atoms with Crippen LogP contribution >= 0.6 is 0 Å². The molecule has 2 unspecified atom stereocenters. The third kappa shape index (κ3) is 6.64. The lowest BCUT2D eigenvalue weighted by Gasteiger charge is -2.27. The number of urea groups is 1. The summed E-state index contributed by atoms with van der Waals surface area (Å²) in [7, 11) is 1.59. The van der Waals surface area contributed by atoms with E-state index < -0.39 is 18.0 Å². The van der Waals surface area contributed by atoms with Gasteiger partial charge in [0.15, 0.2) is 0 Å². The number of nitrogens with two attached hydrogens (primary N) is 1. The topological polar surface area (TPSA) is 113 Å². The van der Waals surface area contributed by atoms with Crippen LogP contribution in [-0.4, -0.2) is 47.5 Å². The summed E-state index contributed by atoms with van der Waals surface area (Å²) >= 11 is 0. The predicted octanol–water partition coefficient (Wildman–Crippen LogP) is 0.393. The van der Waals surface area contributed by atoms with Crippen molar-refractivity contribution in [2.45, 2.75) is 39.2 Å². The molecule has 0 spiro atoms. The lowest BCUT2D eigenvalue weighted by atomic mass is 9.98. The number of aliphatic carboxylic acids is 1. The lowest BCUT2D eigenvalue weighted by molar-refractivity contribution is -0.138. The van der Waals surface area contributed by atoms with Gasteiger partial charge in [-0.15, -0.1) is 0 Å². The number of nitrogens with zero attached hydrogens (tertiary/aromatic N) is 1. The van der Waals surface area contributed by atoms with Crippen molar-refractivity contribution < 1.29 is 19.5 Å². The van der Waals surface area contributed by atoms with E-state index in [0.717, 1.165) is 6.42 Å². The third-order valence-corrected chi connectivity index (χ3v) is 3.04. The van der Waals surface area contributed by atoms with E-state index in [2.05, 4.69) is 5.32 Å². The molecule has 19 heavy (non-hydrogen) atoms. The highest BCUT2D eigenvalue weighted by molar-refractivity contribution is 5.86. The molecule has 7 heteroatoms. The molecule has 0 bridgehead atoms. The summed E-state index contributed by atoms with van der Waals surface area (Å²) in [6.45, 7) is 4.10. The van der Waals surface area contributed by atoms with Crippen LogP contribution in [0.3, 0.4) is 0 Å². The Morgan fingerprint density at radius 2 is 1.95 bits per heavy atom. The Hall–Kier alpha value is -1.79. The van der Waals surface area contributed by atoms with E-state index in [4.69, 9.17) is 10.8 Å². The smallest absolute Gasteiger partial charge is 0.312 e. The molecule has 110 valence electrons. The summed E-state index contributed by atoms with van der Waals surface area (Å²) in [5.41, 5.74) is 5.07. The molecule has 4 N–H and O–H groups in total. The zero-order valence-corrected chi connectivity index (χ0v) is 11.7. The molecule has 0 aromatic heterocycles. The molecule has 2 atom stereocenters. The number of likely N-dealkylation sites (N-methyl/N-ethyl adjacent to an activating group) is 1. The molecule has 7 nitrogen and oxygen atoms in total. The average molecular weight is 273 g/mol. The Labute approximate surface area is 113 Å². The minimum Gasteiger partial charge on any atom is -0.481 e. The van der Waals surface area contributed by atoms with Crippen LogP contribution < -0.4 is 11.1 Å². The number of nitrogens with one attached hydrogen (secondary N) is 1. The molecule has 0 aliphatic heterocycles. The Bertz CT molecular complexity index is 333. The number of carbonyl (C=O) groups excluding carboxylic acids is 2. The first-order valence-corrected chi connectivity index (χ1v) is 6.32. The number of hydrogen-bond acceptors (Lipinski definition) is 3. The monoisotopic (exact) mass is 273 g/mol. The molecule has 0 aliphatic rings. The van der Waals surface area contributed by atoms with Crippen molar-refractivity contribution in [2.75, 3.05) is 13.6 Å². The van der Waals surface area contributed by atoms with Crippen molar-refractivity contribution in [1.29, 1.82) is 0 Å². The van der Waals surface area contributed by atoms with Gasteiger partial charge in [-0.1, -0.05) is 20.3 Å². The molecule has 0 rings (SSSR count). The first-order valence-electron chi connectivity index (χ1n) is 6.32. The molecule has 0 fully saturated rings. The number of primary amides is 1.